The quantitative estimate of drug-likeness (QED) is 0.353. The van der Waals surface area contributed by atoms with Crippen LogP contribution in [0.3, 0.4) is 0 Å². The van der Waals surface area contributed by atoms with Gasteiger partial charge in [-0.25, -0.2) is 0 Å². The van der Waals surface area contributed by atoms with Crippen molar-refractivity contribution in [1.82, 2.24) is 4.98 Å². The molecule has 0 aliphatic heterocycles. The second kappa shape index (κ2) is 8.99. The number of rotatable bonds is 8. The van der Waals surface area contributed by atoms with E-state index in [1.165, 1.54) is 50.9 Å². The first-order chi connectivity index (χ1) is 13.1. The Kier molecular flexibility index (Phi) is 7.15. The maximum absolute atomic E-state index is 4.27. The fourth-order valence-corrected chi connectivity index (χ4v) is 3.72. The smallest absolute Gasteiger partial charge is 0.0491 e. The van der Waals surface area contributed by atoms with Gasteiger partial charge in [0.05, 0.1) is 0 Å². The summed E-state index contributed by atoms with van der Waals surface area (Å²) in [7, 11) is 0. The summed E-state index contributed by atoms with van der Waals surface area (Å²) in [5.41, 5.74) is 10.8. The Morgan fingerprint density at radius 2 is 1.71 bits per heavy atom. The molecule has 0 unspecified atom stereocenters. The summed E-state index contributed by atoms with van der Waals surface area (Å²) in [6.45, 7) is 24.1. The second-order valence-corrected chi connectivity index (χ2v) is 9.30. The first-order valence-electron chi connectivity index (χ1n) is 10.7. The average molecular weight is 378 g/mol. The summed E-state index contributed by atoms with van der Waals surface area (Å²) in [4.78, 5) is 3.73. The lowest BCUT2D eigenvalue weighted by Crippen LogP contribution is -2.06. The molecule has 0 aliphatic rings. The van der Waals surface area contributed by atoms with Crippen LogP contribution in [0, 0.1) is 19.3 Å². The fraction of sp³-hybridized carbons (Fsp3) is 0.481. The molecule has 1 N–H and O–H groups in total. The van der Waals surface area contributed by atoms with Crippen LogP contribution in [0.2, 0.25) is 0 Å². The number of benzene rings is 1. The Hall–Kier alpha value is -2.02. The molecule has 0 radical (unpaired) electrons. The van der Waals surface area contributed by atoms with Crippen molar-refractivity contribution in [1.29, 1.82) is 0 Å². The SMILES string of the molecule is C=C(/C=C(\C)C(C)(C)C)C(=C)CCCCc1[nH]c2c(C)ccc(C)c2c1CC. The minimum absolute atomic E-state index is 0.186. The molecule has 0 atom stereocenters. The molecule has 0 amide bonds. The topological polar surface area (TPSA) is 15.8 Å². The molecule has 28 heavy (non-hydrogen) atoms. The van der Waals surface area contributed by atoms with Crippen molar-refractivity contribution in [2.45, 2.75) is 80.6 Å². The first kappa shape index (κ1) is 22.3. The van der Waals surface area contributed by atoms with Crippen molar-refractivity contribution in [3.05, 3.63) is 70.5 Å². The summed E-state index contributed by atoms with van der Waals surface area (Å²) in [6, 6.07) is 4.47. The minimum atomic E-state index is 0.186. The van der Waals surface area contributed by atoms with Gasteiger partial charge in [0.15, 0.2) is 0 Å². The van der Waals surface area contributed by atoms with Gasteiger partial charge < -0.3 is 4.98 Å². The number of fused-ring (bicyclic) bond motifs is 1. The molecule has 1 nitrogen and oxygen atoms in total. The fourth-order valence-electron chi connectivity index (χ4n) is 3.72. The molecule has 1 aromatic carbocycles. The summed E-state index contributed by atoms with van der Waals surface area (Å²) in [5, 5.41) is 1.44. The maximum Gasteiger partial charge on any atom is 0.0491 e. The van der Waals surface area contributed by atoms with Gasteiger partial charge in [-0.1, -0.05) is 64.6 Å². The molecule has 0 saturated heterocycles. The average Bonchev–Trinajstić information content (AvgIpc) is 3.00. The molecule has 2 aromatic rings. The molecule has 1 aromatic heterocycles. The third kappa shape index (κ3) is 5.07. The lowest BCUT2D eigenvalue weighted by Gasteiger charge is -2.20. The molecule has 0 fully saturated rings. The Bertz CT molecular complexity index is 896. The van der Waals surface area contributed by atoms with Crippen molar-refractivity contribution < 1.29 is 0 Å². The Labute approximate surface area is 172 Å². The number of allylic oxidation sites excluding steroid dienone is 4. The van der Waals surface area contributed by atoms with E-state index in [1.54, 1.807) is 0 Å². The van der Waals surface area contributed by atoms with Gasteiger partial charge >= 0.3 is 0 Å². The van der Waals surface area contributed by atoms with Gasteiger partial charge in [0.25, 0.3) is 0 Å². The van der Waals surface area contributed by atoms with E-state index >= 15 is 0 Å². The van der Waals surface area contributed by atoms with E-state index in [2.05, 4.69) is 84.8 Å². The zero-order valence-corrected chi connectivity index (χ0v) is 19.2. The Morgan fingerprint density at radius 1 is 1.07 bits per heavy atom. The highest BCUT2D eigenvalue weighted by Crippen LogP contribution is 2.30. The van der Waals surface area contributed by atoms with E-state index in [0.717, 1.165) is 31.3 Å². The molecule has 1 heteroatoms. The molecule has 0 spiro atoms. The van der Waals surface area contributed by atoms with E-state index < -0.39 is 0 Å². The summed E-state index contributed by atoms with van der Waals surface area (Å²) in [5.74, 6) is 0. The number of aromatic amines is 1. The van der Waals surface area contributed by atoms with Gasteiger partial charge in [-0.2, -0.15) is 0 Å². The Balaban J connectivity index is 1.99. The summed E-state index contributed by atoms with van der Waals surface area (Å²) < 4.78 is 0. The normalized spacial score (nSPS) is 12.6. The van der Waals surface area contributed by atoms with Crippen LogP contribution in [0.4, 0.5) is 0 Å². The number of aromatic nitrogens is 1. The second-order valence-electron chi connectivity index (χ2n) is 9.30. The molecular formula is C27H39N. The predicted octanol–water partition coefficient (Wildman–Crippen LogP) is 8.16. The number of hydrogen-bond acceptors (Lipinski definition) is 0. The van der Waals surface area contributed by atoms with Crippen LogP contribution in [0.1, 0.15) is 76.3 Å². The molecular weight excluding hydrogens is 338 g/mol. The molecule has 0 saturated carbocycles. The molecule has 1 heterocycles. The predicted molar refractivity (Wildman–Crippen MR) is 126 cm³/mol. The first-order valence-corrected chi connectivity index (χ1v) is 10.7. The number of unbranched alkanes of at least 4 members (excludes halogenated alkanes) is 1. The van der Waals surface area contributed by atoms with Gasteiger partial charge in [-0.05, 0) is 86.1 Å². The molecule has 152 valence electrons. The lowest BCUT2D eigenvalue weighted by molar-refractivity contribution is 0.503. The number of hydrogen-bond donors (Lipinski definition) is 1. The van der Waals surface area contributed by atoms with Crippen LogP contribution in [-0.4, -0.2) is 4.98 Å². The van der Waals surface area contributed by atoms with Crippen LogP contribution in [0.25, 0.3) is 10.9 Å². The standard InChI is InChI=1S/C27H39N/c1-10-23-24(28-26-20(4)16-15-19(3)25(23)26)14-12-11-13-18(2)21(5)17-22(6)27(7,8)9/h15-17,28H,2,5,10-14H2,1,3-4,6-9H3/b22-17+. The van der Waals surface area contributed by atoms with E-state index in [4.69, 9.17) is 0 Å². The molecule has 0 bridgehead atoms. The third-order valence-electron chi connectivity index (χ3n) is 6.10. The maximum atomic E-state index is 4.27. The minimum Gasteiger partial charge on any atom is -0.358 e. The van der Waals surface area contributed by atoms with Crippen LogP contribution in [0.15, 0.2) is 48.1 Å². The van der Waals surface area contributed by atoms with Gasteiger partial charge in [0.2, 0.25) is 0 Å². The lowest BCUT2D eigenvalue weighted by atomic mass is 9.85. The van der Waals surface area contributed by atoms with Crippen molar-refractivity contribution in [3.8, 4) is 0 Å². The highest BCUT2D eigenvalue weighted by molar-refractivity contribution is 5.90. The van der Waals surface area contributed by atoms with Crippen LogP contribution in [0.5, 0.6) is 0 Å². The van der Waals surface area contributed by atoms with E-state index in [-0.39, 0.29) is 5.41 Å². The van der Waals surface area contributed by atoms with Crippen molar-refractivity contribution in [2.24, 2.45) is 5.41 Å². The van der Waals surface area contributed by atoms with Crippen molar-refractivity contribution in [2.75, 3.05) is 0 Å². The van der Waals surface area contributed by atoms with E-state index in [1.807, 2.05) is 0 Å². The summed E-state index contributed by atoms with van der Waals surface area (Å²) >= 11 is 0. The number of H-pyrrole nitrogens is 1. The van der Waals surface area contributed by atoms with Gasteiger partial charge in [-0.3, -0.25) is 0 Å². The molecule has 0 aliphatic carbocycles. The monoisotopic (exact) mass is 377 g/mol. The van der Waals surface area contributed by atoms with E-state index in [0.29, 0.717) is 0 Å². The highest BCUT2D eigenvalue weighted by Gasteiger charge is 2.14. The third-order valence-corrected chi connectivity index (χ3v) is 6.10. The van der Waals surface area contributed by atoms with Gasteiger partial charge in [-0.15, -0.1) is 0 Å². The largest absolute Gasteiger partial charge is 0.358 e. The van der Waals surface area contributed by atoms with Crippen molar-refractivity contribution in [3.63, 3.8) is 0 Å². The highest BCUT2D eigenvalue weighted by atomic mass is 14.7. The Morgan fingerprint density at radius 3 is 2.32 bits per heavy atom. The molecule has 2 rings (SSSR count). The van der Waals surface area contributed by atoms with Crippen LogP contribution < -0.4 is 0 Å². The van der Waals surface area contributed by atoms with Gasteiger partial charge in [0.1, 0.15) is 0 Å². The van der Waals surface area contributed by atoms with Gasteiger partial charge in [0, 0.05) is 16.6 Å². The zero-order valence-electron chi connectivity index (χ0n) is 19.2. The summed E-state index contributed by atoms with van der Waals surface area (Å²) in [6.07, 6.45) is 7.74. The van der Waals surface area contributed by atoms with Crippen LogP contribution in [-0.2, 0) is 12.8 Å². The van der Waals surface area contributed by atoms with Crippen molar-refractivity contribution >= 4 is 10.9 Å². The number of aryl methyl sites for hydroxylation is 4. The van der Waals surface area contributed by atoms with Crippen LogP contribution >= 0.6 is 0 Å². The van der Waals surface area contributed by atoms with E-state index in [9.17, 15) is 0 Å². The number of nitrogens with one attached hydrogen (secondary N) is 1. The zero-order chi connectivity index (χ0) is 21.1.